The number of urea groups is 1. The molecule has 0 heterocycles. The number of carbonyl (C=O) groups is 2. The van der Waals surface area contributed by atoms with Crippen LogP contribution in [0.25, 0.3) is 0 Å². The fourth-order valence-corrected chi connectivity index (χ4v) is 1.26. The van der Waals surface area contributed by atoms with Crippen molar-refractivity contribution in [3.8, 4) is 0 Å². The highest BCUT2D eigenvalue weighted by molar-refractivity contribution is 5.74. The average Bonchev–Trinajstić information content (AvgIpc) is 2.29. The maximum atomic E-state index is 11.7. The molecule has 0 bridgehead atoms. The third kappa shape index (κ3) is 7.05. The number of carbonyl (C=O) groups excluding carboxylic acids is 1. The van der Waals surface area contributed by atoms with Gasteiger partial charge in [0.05, 0.1) is 19.3 Å². The number of amides is 2. The third-order valence-electron chi connectivity index (χ3n) is 2.09. The molecule has 0 spiro atoms. The Balaban J connectivity index is 4.25. The summed E-state index contributed by atoms with van der Waals surface area (Å²) in [5.41, 5.74) is 2.06. The highest BCUT2D eigenvalue weighted by Crippen LogP contribution is 2.00. The lowest BCUT2D eigenvalue weighted by atomic mass is 10.3. The van der Waals surface area contributed by atoms with Gasteiger partial charge in [0.15, 0.2) is 6.61 Å². The van der Waals surface area contributed by atoms with Gasteiger partial charge in [-0.2, -0.15) is 0 Å². The van der Waals surface area contributed by atoms with Crippen LogP contribution in [0.1, 0.15) is 6.92 Å². The number of aliphatic carboxylic acids is 1. The number of nitrogens with one attached hydrogen (secondary N) is 1. The van der Waals surface area contributed by atoms with E-state index in [1.807, 2.05) is 0 Å². The molecule has 18 heavy (non-hydrogen) atoms. The van der Waals surface area contributed by atoms with E-state index in [2.05, 4.69) is 10.3 Å². The molecule has 2 amide bonds. The molecule has 0 aromatic carbocycles. The Hall–Kier alpha value is -1.38. The molecule has 0 aromatic heterocycles. The highest BCUT2D eigenvalue weighted by Gasteiger charge is 2.20. The van der Waals surface area contributed by atoms with Crippen molar-refractivity contribution in [2.45, 2.75) is 13.0 Å². The summed E-state index contributed by atoms with van der Waals surface area (Å²) in [6.07, 6.45) is 0. The minimum Gasteiger partial charge on any atom is -0.479 e. The zero-order valence-corrected chi connectivity index (χ0v) is 10.8. The van der Waals surface area contributed by atoms with Crippen LogP contribution < -0.4 is 5.48 Å². The van der Waals surface area contributed by atoms with E-state index < -0.39 is 18.6 Å². The smallest absolute Gasteiger partial charge is 0.341 e. The van der Waals surface area contributed by atoms with Gasteiger partial charge in [-0.25, -0.2) is 15.1 Å². The van der Waals surface area contributed by atoms with Crippen LogP contribution in [0.15, 0.2) is 0 Å². The first kappa shape index (κ1) is 16.6. The van der Waals surface area contributed by atoms with Gasteiger partial charge in [-0.1, -0.05) is 0 Å². The SMILES string of the molecule is COCCN(C(=O)NOCC(=O)O)C(C)COC. The second-order valence-electron chi connectivity index (χ2n) is 3.58. The molecule has 8 nitrogen and oxygen atoms in total. The van der Waals surface area contributed by atoms with Crippen LogP contribution in [0.5, 0.6) is 0 Å². The summed E-state index contributed by atoms with van der Waals surface area (Å²) in [6.45, 7) is 2.28. The Morgan fingerprint density at radius 3 is 2.50 bits per heavy atom. The van der Waals surface area contributed by atoms with E-state index in [1.54, 1.807) is 6.92 Å². The summed E-state index contributed by atoms with van der Waals surface area (Å²) in [5, 5.41) is 8.37. The first-order chi connectivity index (χ1) is 8.52. The maximum Gasteiger partial charge on any atom is 0.341 e. The van der Waals surface area contributed by atoms with Crippen molar-refractivity contribution >= 4 is 12.0 Å². The molecule has 0 aliphatic heterocycles. The van der Waals surface area contributed by atoms with Crippen molar-refractivity contribution in [2.75, 3.05) is 40.6 Å². The summed E-state index contributed by atoms with van der Waals surface area (Å²) >= 11 is 0. The molecule has 0 saturated carbocycles. The Kier molecular flexibility index (Phi) is 8.89. The lowest BCUT2D eigenvalue weighted by Gasteiger charge is -2.28. The van der Waals surface area contributed by atoms with E-state index in [0.29, 0.717) is 19.8 Å². The van der Waals surface area contributed by atoms with Gasteiger partial charge < -0.3 is 19.5 Å². The topological polar surface area (TPSA) is 97.3 Å². The van der Waals surface area contributed by atoms with Crippen LogP contribution in [0, 0.1) is 0 Å². The molecule has 1 atom stereocenters. The predicted molar refractivity (Wildman–Crippen MR) is 62.0 cm³/mol. The number of hydroxylamine groups is 1. The molecule has 0 fully saturated rings. The minimum atomic E-state index is -1.16. The number of methoxy groups -OCH3 is 2. The van der Waals surface area contributed by atoms with Gasteiger partial charge in [0, 0.05) is 20.8 Å². The van der Waals surface area contributed by atoms with Gasteiger partial charge >= 0.3 is 12.0 Å². The van der Waals surface area contributed by atoms with Crippen molar-refractivity contribution < 1.29 is 29.0 Å². The number of nitrogens with zero attached hydrogens (tertiary/aromatic N) is 1. The summed E-state index contributed by atoms with van der Waals surface area (Å²) in [6, 6.07) is -0.712. The molecule has 0 rings (SSSR count). The second kappa shape index (κ2) is 9.63. The summed E-state index contributed by atoms with van der Waals surface area (Å²) in [4.78, 5) is 27.9. The van der Waals surface area contributed by atoms with Crippen LogP contribution >= 0.6 is 0 Å². The summed E-state index contributed by atoms with van der Waals surface area (Å²) in [5.74, 6) is -1.16. The van der Waals surface area contributed by atoms with Gasteiger partial charge in [-0.3, -0.25) is 4.84 Å². The van der Waals surface area contributed by atoms with Gasteiger partial charge in [0.2, 0.25) is 0 Å². The average molecular weight is 264 g/mol. The zero-order chi connectivity index (χ0) is 14.0. The second-order valence-corrected chi connectivity index (χ2v) is 3.58. The van der Waals surface area contributed by atoms with Crippen LogP contribution in [0.3, 0.4) is 0 Å². The molecule has 2 N–H and O–H groups in total. The van der Waals surface area contributed by atoms with Gasteiger partial charge in [-0.05, 0) is 6.92 Å². The van der Waals surface area contributed by atoms with Gasteiger partial charge in [0.25, 0.3) is 0 Å². The molecule has 106 valence electrons. The Labute approximate surface area is 106 Å². The number of carboxylic acids is 1. The molecule has 0 saturated heterocycles. The molecule has 0 aliphatic rings. The Bertz CT molecular complexity index is 261. The van der Waals surface area contributed by atoms with Crippen molar-refractivity contribution in [2.24, 2.45) is 0 Å². The van der Waals surface area contributed by atoms with E-state index in [1.165, 1.54) is 19.1 Å². The molecular formula is C10H20N2O6. The summed E-state index contributed by atoms with van der Waals surface area (Å²) < 4.78 is 9.86. The van der Waals surface area contributed by atoms with Crippen LogP contribution in [0.4, 0.5) is 4.79 Å². The van der Waals surface area contributed by atoms with Crippen LogP contribution in [0.2, 0.25) is 0 Å². The van der Waals surface area contributed by atoms with Crippen molar-refractivity contribution in [3.05, 3.63) is 0 Å². The Morgan fingerprint density at radius 2 is 2.00 bits per heavy atom. The number of hydrogen-bond donors (Lipinski definition) is 2. The Morgan fingerprint density at radius 1 is 1.33 bits per heavy atom. The quantitative estimate of drug-likeness (QED) is 0.555. The van der Waals surface area contributed by atoms with E-state index in [9.17, 15) is 9.59 Å². The molecule has 1 unspecified atom stereocenters. The highest BCUT2D eigenvalue weighted by atomic mass is 16.7. The largest absolute Gasteiger partial charge is 0.479 e. The van der Waals surface area contributed by atoms with Crippen molar-refractivity contribution in [1.29, 1.82) is 0 Å². The third-order valence-corrected chi connectivity index (χ3v) is 2.09. The van der Waals surface area contributed by atoms with E-state index in [-0.39, 0.29) is 6.04 Å². The summed E-state index contributed by atoms with van der Waals surface area (Å²) in [7, 11) is 3.06. The fourth-order valence-electron chi connectivity index (χ4n) is 1.26. The number of ether oxygens (including phenoxy) is 2. The number of rotatable bonds is 9. The molecular weight excluding hydrogens is 244 g/mol. The number of carboxylic acid groups (broad SMARTS) is 1. The molecule has 8 heteroatoms. The first-order valence-electron chi connectivity index (χ1n) is 5.41. The van der Waals surface area contributed by atoms with Crippen LogP contribution in [-0.2, 0) is 19.1 Å². The van der Waals surface area contributed by atoms with Gasteiger partial charge in [-0.15, -0.1) is 0 Å². The lowest BCUT2D eigenvalue weighted by Crippen LogP contribution is -2.48. The normalized spacial score (nSPS) is 11.9. The van der Waals surface area contributed by atoms with E-state index >= 15 is 0 Å². The zero-order valence-electron chi connectivity index (χ0n) is 10.8. The monoisotopic (exact) mass is 264 g/mol. The molecule has 0 aromatic rings. The predicted octanol–water partition coefficient (Wildman–Crippen LogP) is -0.304. The maximum absolute atomic E-state index is 11.7. The molecule has 0 aliphatic carbocycles. The molecule has 0 radical (unpaired) electrons. The number of hydrogen-bond acceptors (Lipinski definition) is 5. The van der Waals surface area contributed by atoms with E-state index in [0.717, 1.165) is 0 Å². The lowest BCUT2D eigenvalue weighted by molar-refractivity contribution is -0.144. The fraction of sp³-hybridized carbons (Fsp3) is 0.800. The van der Waals surface area contributed by atoms with Crippen molar-refractivity contribution in [3.63, 3.8) is 0 Å². The van der Waals surface area contributed by atoms with Gasteiger partial charge in [0.1, 0.15) is 0 Å². The van der Waals surface area contributed by atoms with E-state index in [4.69, 9.17) is 14.6 Å². The minimum absolute atomic E-state index is 0.182. The first-order valence-corrected chi connectivity index (χ1v) is 5.41. The van der Waals surface area contributed by atoms with Crippen LogP contribution in [-0.4, -0.2) is 68.6 Å². The standard InChI is InChI=1S/C10H20N2O6/c1-8(6-17-3)12(4-5-16-2)10(15)11-18-7-9(13)14/h8H,4-7H2,1-3H3,(H,11,15)(H,13,14). The van der Waals surface area contributed by atoms with Crippen molar-refractivity contribution in [1.82, 2.24) is 10.4 Å².